The lowest BCUT2D eigenvalue weighted by Crippen LogP contribution is -2.29. The van der Waals surface area contributed by atoms with Crippen LogP contribution in [0.15, 0.2) is 11.6 Å². The van der Waals surface area contributed by atoms with Gasteiger partial charge in [-0.2, -0.15) is 0 Å². The number of ketones is 1. The summed E-state index contributed by atoms with van der Waals surface area (Å²) in [6.07, 6.45) is 4.17. The molecule has 90 valence electrons. The fourth-order valence-corrected chi connectivity index (χ4v) is 2.22. The van der Waals surface area contributed by atoms with E-state index in [-0.39, 0.29) is 11.7 Å². The number of allylic oxidation sites excluding steroid dienone is 2. The van der Waals surface area contributed by atoms with Gasteiger partial charge in [-0.15, -0.1) is 0 Å². The van der Waals surface area contributed by atoms with Gasteiger partial charge in [-0.05, 0) is 31.3 Å². The van der Waals surface area contributed by atoms with Gasteiger partial charge in [0.2, 0.25) is 0 Å². The fourth-order valence-electron chi connectivity index (χ4n) is 2.22. The standard InChI is InChI=1S/C13H20O3/c1-8(2)6-10-4-5-11(12(14)7-10)9(3)13(15)16/h7-9,11H,4-6H2,1-3H3,(H,15,16). The van der Waals surface area contributed by atoms with Crippen molar-refractivity contribution in [3.8, 4) is 0 Å². The van der Waals surface area contributed by atoms with Gasteiger partial charge >= 0.3 is 5.97 Å². The number of aliphatic carboxylic acids is 1. The van der Waals surface area contributed by atoms with Crippen molar-refractivity contribution in [2.75, 3.05) is 0 Å². The summed E-state index contributed by atoms with van der Waals surface area (Å²) < 4.78 is 0. The van der Waals surface area contributed by atoms with Crippen LogP contribution < -0.4 is 0 Å². The zero-order valence-electron chi connectivity index (χ0n) is 10.2. The Labute approximate surface area is 96.5 Å². The van der Waals surface area contributed by atoms with Crippen LogP contribution in [0.25, 0.3) is 0 Å². The second-order valence-electron chi connectivity index (χ2n) is 5.08. The Morgan fingerprint density at radius 3 is 2.56 bits per heavy atom. The first kappa shape index (κ1) is 12.9. The summed E-state index contributed by atoms with van der Waals surface area (Å²) in [7, 11) is 0. The van der Waals surface area contributed by atoms with Crippen molar-refractivity contribution in [2.24, 2.45) is 17.8 Å². The van der Waals surface area contributed by atoms with Crippen molar-refractivity contribution in [1.82, 2.24) is 0 Å². The third-order valence-corrected chi connectivity index (χ3v) is 3.15. The van der Waals surface area contributed by atoms with E-state index in [0.29, 0.717) is 12.3 Å². The van der Waals surface area contributed by atoms with Crippen LogP contribution in [-0.4, -0.2) is 16.9 Å². The lowest BCUT2D eigenvalue weighted by molar-refractivity contribution is -0.145. The molecule has 0 amide bonds. The van der Waals surface area contributed by atoms with Crippen LogP contribution in [0.1, 0.15) is 40.0 Å². The molecule has 0 aliphatic heterocycles. The molecule has 0 radical (unpaired) electrons. The number of carboxylic acid groups (broad SMARTS) is 1. The summed E-state index contributed by atoms with van der Waals surface area (Å²) in [6.45, 7) is 5.86. The third-order valence-electron chi connectivity index (χ3n) is 3.15. The van der Waals surface area contributed by atoms with E-state index in [1.165, 1.54) is 5.57 Å². The first-order chi connectivity index (χ1) is 7.41. The van der Waals surface area contributed by atoms with Gasteiger partial charge in [-0.3, -0.25) is 9.59 Å². The minimum atomic E-state index is -0.876. The predicted molar refractivity (Wildman–Crippen MR) is 62.1 cm³/mol. The average molecular weight is 224 g/mol. The first-order valence-corrected chi connectivity index (χ1v) is 5.88. The van der Waals surface area contributed by atoms with Crippen molar-refractivity contribution in [3.63, 3.8) is 0 Å². The molecule has 0 heterocycles. The highest BCUT2D eigenvalue weighted by Gasteiger charge is 2.31. The Hall–Kier alpha value is -1.12. The molecule has 16 heavy (non-hydrogen) atoms. The minimum absolute atomic E-state index is 0.00296. The van der Waals surface area contributed by atoms with Crippen LogP contribution in [-0.2, 0) is 9.59 Å². The Bertz CT molecular complexity index is 315. The van der Waals surface area contributed by atoms with Gasteiger partial charge in [0.25, 0.3) is 0 Å². The summed E-state index contributed by atoms with van der Waals surface area (Å²) in [5.74, 6) is -1.22. The van der Waals surface area contributed by atoms with Crippen LogP contribution in [0.2, 0.25) is 0 Å². The van der Waals surface area contributed by atoms with Gasteiger partial charge < -0.3 is 5.11 Å². The van der Waals surface area contributed by atoms with Crippen LogP contribution >= 0.6 is 0 Å². The second-order valence-corrected chi connectivity index (χ2v) is 5.08. The molecule has 1 aliphatic carbocycles. The maximum atomic E-state index is 11.8. The van der Waals surface area contributed by atoms with E-state index in [0.717, 1.165) is 12.8 Å². The summed E-state index contributed by atoms with van der Waals surface area (Å²) in [4.78, 5) is 22.6. The highest BCUT2D eigenvalue weighted by Crippen LogP contribution is 2.29. The number of rotatable bonds is 4. The lowest BCUT2D eigenvalue weighted by Gasteiger charge is -2.24. The molecule has 0 spiro atoms. The number of carbonyl (C=O) groups is 2. The van der Waals surface area contributed by atoms with E-state index in [4.69, 9.17) is 5.11 Å². The maximum absolute atomic E-state index is 11.8. The molecule has 2 atom stereocenters. The maximum Gasteiger partial charge on any atom is 0.306 e. The Morgan fingerprint density at radius 2 is 2.12 bits per heavy atom. The largest absolute Gasteiger partial charge is 0.481 e. The first-order valence-electron chi connectivity index (χ1n) is 5.88. The van der Waals surface area contributed by atoms with E-state index in [1.54, 1.807) is 13.0 Å². The predicted octanol–water partition coefficient (Wildman–Crippen LogP) is 2.66. The number of carboxylic acids is 1. The zero-order valence-corrected chi connectivity index (χ0v) is 10.2. The van der Waals surface area contributed by atoms with Crippen LogP contribution in [0.3, 0.4) is 0 Å². The molecule has 0 bridgehead atoms. The van der Waals surface area contributed by atoms with Crippen molar-refractivity contribution >= 4 is 11.8 Å². The number of hydrogen-bond acceptors (Lipinski definition) is 2. The monoisotopic (exact) mass is 224 g/mol. The molecule has 1 N–H and O–H groups in total. The Balaban J connectivity index is 2.68. The zero-order chi connectivity index (χ0) is 12.3. The van der Waals surface area contributed by atoms with E-state index >= 15 is 0 Å². The quantitative estimate of drug-likeness (QED) is 0.798. The minimum Gasteiger partial charge on any atom is -0.481 e. The van der Waals surface area contributed by atoms with Gasteiger partial charge in [-0.1, -0.05) is 26.3 Å². The van der Waals surface area contributed by atoms with E-state index < -0.39 is 11.9 Å². The molecular weight excluding hydrogens is 204 g/mol. The lowest BCUT2D eigenvalue weighted by atomic mass is 9.79. The van der Waals surface area contributed by atoms with Crippen LogP contribution in [0, 0.1) is 17.8 Å². The highest BCUT2D eigenvalue weighted by atomic mass is 16.4. The van der Waals surface area contributed by atoms with Crippen molar-refractivity contribution in [2.45, 2.75) is 40.0 Å². The van der Waals surface area contributed by atoms with E-state index in [1.807, 2.05) is 0 Å². The van der Waals surface area contributed by atoms with Crippen LogP contribution in [0.5, 0.6) is 0 Å². The molecule has 0 aromatic carbocycles. The van der Waals surface area contributed by atoms with Crippen molar-refractivity contribution in [3.05, 3.63) is 11.6 Å². The molecule has 0 saturated carbocycles. The summed E-state index contributed by atoms with van der Waals surface area (Å²) in [5.41, 5.74) is 1.17. The van der Waals surface area contributed by atoms with Crippen LogP contribution in [0.4, 0.5) is 0 Å². The molecule has 1 rings (SSSR count). The van der Waals surface area contributed by atoms with Gasteiger partial charge in [-0.25, -0.2) is 0 Å². The summed E-state index contributed by atoms with van der Waals surface area (Å²) in [6, 6.07) is 0. The van der Waals surface area contributed by atoms with E-state index in [9.17, 15) is 9.59 Å². The normalized spacial score (nSPS) is 23.1. The molecule has 0 aromatic heterocycles. The SMILES string of the molecule is CC(C)CC1=CC(=O)C(C(C)C(=O)O)CC1. The number of carbonyl (C=O) groups excluding carboxylic acids is 1. The smallest absolute Gasteiger partial charge is 0.306 e. The third kappa shape index (κ3) is 3.19. The molecule has 3 nitrogen and oxygen atoms in total. The van der Waals surface area contributed by atoms with Gasteiger partial charge in [0.15, 0.2) is 5.78 Å². The summed E-state index contributed by atoms with van der Waals surface area (Å²) in [5, 5.41) is 8.89. The topological polar surface area (TPSA) is 54.4 Å². The summed E-state index contributed by atoms with van der Waals surface area (Å²) >= 11 is 0. The molecule has 3 heteroatoms. The van der Waals surface area contributed by atoms with Gasteiger partial charge in [0, 0.05) is 5.92 Å². The average Bonchev–Trinajstić information content (AvgIpc) is 2.15. The molecule has 0 fully saturated rings. The Morgan fingerprint density at radius 1 is 1.50 bits per heavy atom. The van der Waals surface area contributed by atoms with E-state index in [2.05, 4.69) is 13.8 Å². The Kier molecular flexibility index (Phi) is 4.27. The fraction of sp³-hybridized carbons (Fsp3) is 0.692. The van der Waals surface area contributed by atoms with Crippen molar-refractivity contribution in [1.29, 1.82) is 0 Å². The van der Waals surface area contributed by atoms with Crippen molar-refractivity contribution < 1.29 is 14.7 Å². The molecule has 1 aliphatic rings. The number of hydrogen-bond donors (Lipinski definition) is 1. The molecule has 2 unspecified atom stereocenters. The molecular formula is C13H20O3. The van der Waals surface area contributed by atoms with Gasteiger partial charge in [0.05, 0.1) is 5.92 Å². The highest BCUT2D eigenvalue weighted by molar-refractivity contribution is 5.95. The second kappa shape index (κ2) is 5.28. The van der Waals surface area contributed by atoms with Gasteiger partial charge in [0.1, 0.15) is 0 Å². The molecule has 0 saturated heterocycles. The molecule has 0 aromatic rings.